The van der Waals surface area contributed by atoms with E-state index in [2.05, 4.69) is 9.97 Å². The van der Waals surface area contributed by atoms with E-state index in [9.17, 15) is 28.1 Å². The number of rotatable bonds is 5. The third-order valence-corrected chi connectivity index (χ3v) is 6.11. The van der Waals surface area contributed by atoms with Gasteiger partial charge in [-0.2, -0.15) is 13.2 Å². The summed E-state index contributed by atoms with van der Waals surface area (Å²) >= 11 is 0. The van der Waals surface area contributed by atoms with Crippen molar-refractivity contribution in [2.75, 3.05) is 31.1 Å². The number of nitro groups is 1. The summed E-state index contributed by atoms with van der Waals surface area (Å²) < 4.78 is 39.6. The van der Waals surface area contributed by atoms with Crippen LogP contribution in [-0.4, -0.2) is 51.9 Å². The summed E-state index contributed by atoms with van der Waals surface area (Å²) in [6, 6.07) is 10.8. The van der Waals surface area contributed by atoms with E-state index in [4.69, 9.17) is 0 Å². The van der Waals surface area contributed by atoms with Gasteiger partial charge in [0.2, 0.25) is 0 Å². The van der Waals surface area contributed by atoms with E-state index in [0.717, 1.165) is 17.7 Å². The molecule has 11 heteroatoms. The highest BCUT2D eigenvalue weighted by Crippen LogP contribution is 2.31. The Balaban J connectivity index is 1.54. The highest BCUT2D eigenvalue weighted by molar-refractivity contribution is 5.95. The molecule has 1 aliphatic rings. The van der Waals surface area contributed by atoms with Crippen LogP contribution in [0, 0.1) is 24.0 Å². The van der Waals surface area contributed by atoms with Crippen molar-refractivity contribution in [1.82, 2.24) is 14.9 Å². The van der Waals surface area contributed by atoms with Gasteiger partial charge in [0.1, 0.15) is 11.6 Å². The standard InChI is InChI=1S/C25H24F3N5O3/c1-16-22(14-18-5-3-7-20(13-18)25(26,27)28)23(30-17(2)29-16)31-9-11-32(12-10-31)24(34)19-6-4-8-21(15-19)33(35)36/h3-8,13,15H,9-12,14H2,1-2H3. The van der Waals surface area contributed by atoms with Crippen LogP contribution in [0.5, 0.6) is 0 Å². The molecule has 1 aromatic heterocycles. The summed E-state index contributed by atoms with van der Waals surface area (Å²) in [4.78, 5) is 36.1. The number of carbonyl (C=O) groups excluding carboxylic acids is 1. The number of aryl methyl sites for hydroxylation is 2. The predicted molar refractivity (Wildman–Crippen MR) is 127 cm³/mol. The van der Waals surface area contributed by atoms with Gasteiger partial charge >= 0.3 is 6.18 Å². The normalized spacial score (nSPS) is 14.1. The Morgan fingerprint density at radius 2 is 1.72 bits per heavy atom. The maximum absolute atomic E-state index is 13.2. The number of aromatic nitrogens is 2. The molecule has 188 valence electrons. The lowest BCUT2D eigenvalue weighted by Crippen LogP contribution is -2.49. The minimum Gasteiger partial charge on any atom is -0.353 e. The van der Waals surface area contributed by atoms with Gasteiger partial charge in [0, 0.05) is 61.6 Å². The molecule has 4 rings (SSSR count). The van der Waals surface area contributed by atoms with E-state index in [1.807, 2.05) is 11.8 Å². The average molecular weight is 499 g/mol. The van der Waals surface area contributed by atoms with Crippen molar-refractivity contribution in [3.05, 3.63) is 92.4 Å². The average Bonchev–Trinajstić information content (AvgIpc) is 2.85. The number of non-ortho nitro benzene ring substituents is 1. The molecule has 0 N–H and O–H groups in total. The lowest BCUT2D eigenvalue weighted by atomic mass is 10.0. The maximum Gasteiger partial charge on any atom is 0.416 e. The topological polar surface area (TPSA) is 92.5 Å². The third kappa shape index (κ3) is 5.45. The zero-order chi connectivity index (χ0) is 26.0. The van der Waals surface area contributed by atoms with Crippen LogP contribution in [0.2, 0.25) is 0 Å². The monoisotopic (exact) mass is 499 g/mol. The molecule has 3 aromatic rings. The van der Waals surface area contributed by atoms with Crippen LogP contribution in [0.15, 0.2) is 48.5 Å². The Labute approximate surface area is 205 Å². The number of nitrogens with zero attached hydrogens (tertiary/aromatic N) is 5. The molecule has 1 fully saturated rings. The number of benzene rings is 2. The van der Waals surface area contributed by atoms with E-state index in [1.165, 1.54) is 24.3 Å². The molecule has 0 unspecified atom stereocenters. The van der Waals surface area contributed by atoms with Crippen molar-refractivity contribution in [3.8, 4) is 0 Å². The zero-order valence-electron chi connectivity index (χ0n) is 19.7. The van der Waals surface area contributed by atoms with Gasteiger partial charge in [0.15, 0.2) is 0 Å². The van der Waals surface area contributed by atoms with E-state index >= 15 is 0 Å². The van der Waals surface area contributed by atoms with E-state index in [-0.39, 0.29) is 23.6 Å². The van der Waals surface area contributed by atoms with Gasteiger partial charge in [-0.05, 0) is 31.5 Å². The number of carbonyl (C=O) groups is 1. The SMILES string of the molecule is Cc1nc(C)c(Cc2cccc(C(F)(F)F)c2)c(N2CCN(C(=O)c3cccc([N+](=O)[O-])c3)CC2)n1. The Morgan fingerprint density at radius 1 is 1.03 bits per heavy atom. The van der Waals surface area contributed by atoms with E-state index in [0.29, 0.717) is 49.1 Å². The minimum atomic E-state index is -4.43. The lowest BCUT2D eigenvalue weighted by Gasteiger charge is -2.36. The van der Waals surface area contributed by atoms with Crippen LogP contribution in [0.1, 0.15) is 38.6 Å². The van der Waals surface area contributed by atoms with Gasteiger partial charge in [0.25, 0.3) is 11.6 Å². The number of nitro benzene ring substituents is 1. The lowest BCUT2D eigenvalue weighted by molar-refractivity contribution is -0.384. The molecular weight excluding hydrogens is 475 g/mol. The molecule has 1 saturated heterocycles. The fourth-order valence-corrected chi connectivity index (χ4v) is 4.30. The summed E-state index contributed by atoms with van der Waals surface area (Å²) in [5.41, 5.74) is 1.31. The molecule has 0 aliphatic carbocycles. The Bertz CT molecular complexity index is 1300. The molecule has 36 heavy (non-hydrogen) atoms. The van der Waals surface area contributed by atoms with Crippen LogP contribution in [-0.2, 0) is 12.6 Å². The number of halogens is 3. The van der Waals surface area contributed by atoms with Crippen molar-refractivity contribution in [2.45, 2.75) is 26.4 Å². The van der Waals surface area contributed by atoms with Gasteiger partial charge in [-0.1, -0.05) is 24.3 Å². The molecule has 0 bridgehead atoms. The van der Waals surface area contributed by atoms with Gasteiger partial charge in [-0.25, -0.2) is 9.97 Å². The molecular formula is C25H24F3N5O3. The van der Waals surface area contributed by atoms with Gasteiger partial charge in [-0.3, -0.25) is 14.9 Å². The molecule has 0 radical (unpaired) electrons. The van der Waals surface area contributed by atoms with Gasteiger partial charge in [-0.15, -0.1) is 0 Å². The largest absolute Gasteiger partial charge is 0.416 e. The number of hydrogen-bond donors (Lipinski definition) is 0. The van der Waals surface area contributed by atoms with E-state index < -0.39 is 16.7 Å². The predicted octanol–water partition coefficient (Wildman–Crippen LogP) is 4.57. The summed E-state index contributed by atoms with van der Waals surface area (Å²) in [6.07, 6.45) is -4.20. The molecule has 0 saturated carbocycles. The molecule has 1 aliphatic heterocycles. The third-order valence-electron chi connectivity index (χ3n) is 6.11. The first-order chi connectivity index (χ1) is 17.0. The highest BCUT2D eigenvalue weighted by atomic mass is 19.4. The maximum atomic E-state index is 13.2. The van der Waals surface area contributed by atoms with Gasteiger partial charge < -0.3 is 9.80 Å². The second-order valence-corrected chi connectivity index (χ2v) is 8.62. The van der Waals surface area contributed by atoms with Crippen LogP contribution < -0.4 is 4.90 Å². The van der Waals surface area contributed by atoms with E-state index in [1.54, 1.807) is 24.0 Å². The number of amides is 1. The quantitative estimate of drug-likeness (QED) is 0.377. The second kappa shape index (κ2) is 9.92. The molecule has 0 spiro atoms. The summed E-state index contributed by atoms with van der Waals surface area (Å²) in [5.74, 6) is 0.892. The van der Waals surface area contributed by atoms with Crippen LogP contribution in [0.4, 0.5) is 24.7 Å². The van der Waals surface area contributed by atoms with Crippen molar-refractivity contribution < 1.29 is 22.9 Å². The van der Waals surface area contributed by atoms with Crippen LogP contribution >= 0.6 is 0 Å². The summed E-state index contributed by atoms with van der Waals surface area (Å²) in [5, 5.41) is 11.0. The first-order valence-electron chi connectivity index (χ1n) is 11.3. The second-order valence-electron chi connectivity index (χ2n) is 8.62. The Morgan fingerprint density at radius 3 is 2.39 bits per heavy atom. The molecule has 1 amide bonds. The molecule has 0 atom stereocenters. The Hall–Kier alpha value is -4.02. The highest BCUT2D eigenvalue weighted by Gasteiger charge is 2.31. The smallest absolute Gasteiger partial charge is 0.353 e. The fourth-order valence-electron chi connectivity index (χ4n) is 4.30. The van der Waals surface area contributed by atoms with Crippen molar-refractivity contribution in [1.29, 1.82) is 0 Å². The molecule has 2 heterocycles. The number of anilines is 1. The Kier molecular flexibility index (Phi) is 6.91. The molecule has 2 aromatic carbocycles. The van der Waals surface area contributed by atoms with Crippen molar-refractivity contribution in [3.63, 3.8) is 0 Å². The van der Waals surface area contributed by atoms with Gasteiger partial charge in [0.05, 0.1) is 10.5 Å². The minimum absolute atomic E-state index is 0.148. The van der Waals surface area contributed by atoms with Crippen molar-refractivity contribution >= 4 is 17.4 Å². The zero-order valence-corrected chi connectivity index (χ0v) is 19.7. The van der Waals surface area contributed by atoms with Crippen LogP contribution in [0.3, 0.4) is 0 Å². The number of piperazine rings is 1. The number of hydrogen-bond acceptors (Lipinski definition) is 6. The number of alkyl halides is 3. The summed E-state index contributed by atoms with van der Waals surface area (Å²) in [6.45, 7) is 5.20. The summed E-state index contributed by atoms with van der Waals surface area (Å²) in [7, 11) is 0. The fraction of sp³-hybridized carbons (Fsp3) is 0.320. The first kappa shape index (κ1) is 25.1. The van der Waals surface area contributed by atoms with Crippen LogP contribution in [0.25, 0.3) is 0 Å². The van der Waals surface area contributed by atoms with Crippen molar-refractivity contribution in [2.24, 2.45) is 0 Å². The molecule has 8 nitrogen and oxygen atoms in total. The first-order valence-corrected chi connectivity index (χ1v) is 11.3.